The van der Waals surface area contributed by atoms with Gasteiger partial charge in [-0.05, 0) is 44.2 Å². The van der Waals surface area contributed by atoms with Crippen LogP contribution in [0.3, 0.4) is 0 Å². The summed E-state index contributed by atoms with van der Waals surface area (Å²) >= 11 is 1.87. The first-order valence-corrected chi connectivity index (χ1v) is 7.49. The second-order valence-corrected chi connectivity index (χ2v) is 6.02. The van der Waals surface area contributed by atoms with Crippen molar-refractivity contribution in [3.8, 4) is 0 Å². The molecule has 17 heavy (non-hydrogen) atoms. The van der Waals surface area contributed by atoms with Gasteiger partial charge in [-0.2, -0.15) is 0 Å². The van der Waals surface area contributed by atoms with Crippen molar-refractivity contribution in [3.05, 3.63) is 22.4 Å². The smallest absolute Gasteiger partial charge is 0.0616 e. The van der Waals surface area contributed by atoms with Crippen molar-refractivity contribution in [1.29, 1.82) is 0 Å². The van der Waals surface area contributed by atoms with E-state index in [-0.39, 0.29) is 0 Å². The summed E-state index contributed by atoms with van der Waals surface area (Å²) in [4.78, 5) is 1.50. The third-order valence-corrected chi connectivity index (χ3v) is 4.94. The number of hydrogen-bond donors (Lipinski definition) is 1. The van der Waals surface area contributed by atoms with Crippen LogP contribution < -0.4 is 5.32 Å². The Bertz CT molecular complexity index is 325. The Morgan fingerprint density at radius 1 is 1.59 bits per heavy atom. The molecule has 1 aromatic heterocycles. The number of nitrogens with one attached hydrogen (secondary N) is 1. The highest BCUT2D eigenvalue weighted by Gasteiger charge is 2.40. The van der Waals surface area contributed by atoms with Gasteiger partial charge in [0.05, 0.1) is 6.10 Å². The molecule has 1 aliphatic heterocycles. The summed E-state index contributed by atoms with van der Waals surface area (Å²) in [6.45, 7) is 7.48. The molecule has 96 valence electrons. The van der Waals surface area contributed by atoms with Gasteiger partial charge in [-0.1, -0.05) is 13.0 Å². The Morgan fingerprint density at radius 3 is 3.06 bits per heavy atom. The van der Waals surface area contributed by atoms with Crippen LogP contribution in [0, 0.1) is 5.41 Å². The van der Waals surface area contributed by atoms with E-state index >= 15 is 0 Å². The fraction of sp³-hybridized carbons (Fsp3) is 0.714. The second kappa shape index (κ2) is 5.98. The van der Waals surface area contributed by atoms with E-state index in [4.69, 9.17) is 4.74 Å². The molecule has 3 heteroatoms. The lowest BCUT2D eigenvalue weighted by Crippen LogP contribution is -2.39. The normalized spacial score (nSPS) is 28.7. The third kappa shape index (κ3) is 3.09. The molecule has 1 saturated heterocycles. The van der Waals surface area contributed by atoms with Crippen molar-refractivity contribution < 1.29 is 4.74 Å². The predicted molar refractivity (Wildman–Crippen MR) is 73.6 cm³/mol. The van der Waals surface area contributed by atoms with Gasteiger partial charge in [-0.25, -0.2) is 0 Å². The van der Waals surface area contributed by atoms with Gasteiger partial charge >= 0.3 is 0 Å². The third-order valence-electron chi connectivity index (χ3n) is 4.01. The summed E-state index contributed by atoms with van der Waals surface area (Å²) in [7, 11) is 0. The van der Waals surface area contributed by atoms with Crippen LogP contribution in [0.15, 0.2) is 17.5 Å². The molecule has 0 amide bonds. The maximum absolute atomic E-state index is 5.80. The van der Waals surface area contributed by atoms with Crippen LogP contribution in [0.4, 0.5) is 0 Å². The van der Waals surface area contributed by atoms with Gasteiger partial charge in [0.2, 0.25) is 0 Å². The maximum atomic E-state index is 5.80. The monoisotopic (exact) mass is 253 g/mol. The van der Waals surface area contributed by atoms with E-state index < -0.39 is 0 Å². The molecule has 0 radical (unpaired) electrons. The Hall–Kier alpha value is -0.380. The molecule has 0 saturated carbocycles. The van der Waals surface area contributed by atoms with Crippen LogP contribution in [0.1, 0.15) is 31.6 Å². The van der Waals surface area contributed by atoms with Gasteiger partial charge in [-0.15, -0.1) is 11.3 Å². The van der Waals surface area contributed by atoms with Crippen LogP contribution in [0.5, 0.6) is 0 Å². The number of ether oxygens (including phenoxy) is 1. The molecule has 2 heterocycles. The van der Waals surface area contributed by atoms with E-state index in [1.165, 1.54) is 24.1 Å². The molecular formula is C14H23NOS. The summed E-state index contributed by atoms with van der Waals surface area (Å²) in [5.41, 5.74) is 0.347. The van der Waals surface area contributed by atoms with E-state index in [1.807, 2.05) is 11.3 Å². The van der Waals surface area contributed by atoms with Gasteiger partial charge in [0.25, 0.3) is 0 Å². The Kier molecular flexibility index (Phi) is 4.60. The molecule has 2 atom stereocenters. The topological polar surface area (TPSA) is 21.3 Å². The molecule has 1 N–H and O–H groups in total. The fourth-order valence-corrected chi connectivity index (χ4v) is 3.38. The highest BCUT2D eigenvalue weighted by molar-refractivity contribution is 7.09. The molecule has 0 aromatic carbocycles. The zero-order valence-electron chi connectivity index (χ0n) is 10.9. The van der Waals surface area contributed by atoms with Crippen molar-refractivity contribution in [2.24, 2.45) is 5.41 Å². The fourth-order valence-electron chi connectivity index (χ4n) is 2.67. The van der Waals surface area contributed by atoms with Crippen LogP contribution in [0.25, 0.3) is 0 Å². The Labute approximate surface area is 108 Å². The first-order chi connectivity index (χ1) is 8.27. The zero-order valence-corrected chi connectivity index (χ0v) is 11.7. The Morgan fingerprint density at radius 2 is 2.47 bits per heavy atom. The average Bonchev–Trinajstić information content (AvgIpc) is 2.95. The van der Waals surface area contributed by atoms with Crippen LogP contribution in [-0.2, 0) is 11.2 Å². The highest BCUT2D eigenvalue weighted by Crippen LogP contribution is 2.39. The highest BCUT2D eigenvalue weighted by atomic mass is 32.1. The van der Waals surface area contributed by atoms with Gasteiger partial charge in [-0.3, -0.25) is 0 Å². The largest absolute Gasteiger partial charge is 0.378 e. The first-order valence-electron chi connectivity index (χ1n) is 6.61. The summed E-state index contributed by atoms with van der Waals surface area (Å²) in [6, 6.07) is 4.39. The molecule has 1 fully saturated rings. The lowest BCUT2D eigenvalue weighted by molar-refractivity contribution is 0.0590. The molecule has 1 aliphatic rings. The number of thiophene rings is 1. The van der Waals surface area contributed by atoms with Crippen molar-refractivity contribution >= 4 is 11.3 Å². The van der Waals surface area contributed by atoms with Gasteiger partial charge in [0.15, 0.2) is 0 Å². The summed E-state index contributed by atoms with van der Waals surface area (Å²) in [6.07, 6.45) is 4.02. The minimum absolute atomic E-state index is 0.347. The second-order valence-electron chi connectivity index (χ2n) is 4.99. The van der Waals surface area contributed by atoms with Crippen molar-refractivity contribution in [3.63, 3.8) is 0 Å². The van der Waals surface area contributed by atoms with Gasteiger partial charge in [0, 0.05) is 23.4 Å². The standard InChI is InChI=1S/C14H23NOS/c1-3-15-11-14(8-9-16-12(14)2)7-6-13-5-4-10-17-13/h4-5,10,12,15H,3,6-9,11H2,1-2H3. The Balaban J connectivity index is 1.95. The van der Waals surface area contributed by atoms with Crippen LogP contribution >= 0.6 is 11.3 Å². The minimum Gasteiger partial charge on any atom is -0.378 e. The molecule has 1 aromatic rings. The predicted octanol–water partition coefficient (Wildman–Crippen LogP) is 3.09. The first kappa shape index (κ1) is 13.1. The molecule has 2 unspecified atom stereocenters. The number of aryl methyl sites for hydroxylation is 1. The molecule has 2 rings (SSSR count). The average molecular weight is 253 g/mol. The van der Waals surface area contributed by atoms with E-state index in [0.717, 1.165) is 19.7 Å². The maximum Gasteiger partial charge on any atom is 0.0616 e. The summed E-state index contributed by atoms with van der Waals surface area (Å²) < 4.78 is 5.80. The molecule has 0 aliphatic carbocycles. The van der Waals surface area contributed by atoms with E-state index in [9.17, 15) is 0 Å². The van der Waals surface area contributed by atoms with Crippen molar-refractivity contribution in [2.45, 2.75) is 39.2 Å². The van der Waals surface area contributed by atoms with E-state index in [1.54, 1.807) is 0 Å². The van der Waals surface area contributed by atoms with Crippen molar-refractivity contribution in [2.75, 3.05) is 19.7 Å². The van der Waals surface area contributed by atoms with Gasteiger partial charge < -0.3 is 10.1 Å². The van der Waals surface area contributed by atoms with Crippen LogP contribution in [-0.4, -0.2) is 25.8 Å². The summed E-state index contributed by atoms with van der Waals surface area (Å²) in [5.74, 6) is 0. The zero-order chi connectivity index (χ0) is 12.1. The molecule has 0 spiro atoms. The molecule has 0 bridgehead atoms. The van der Waals surface area contributed by atoms with Crippen molar-refractivity contribution in [1.82, 2.24) is 5.32 Å². The van der Waals surface area contributed by atoms with E-state index in [0.29, 0.717) is 11.5 Å². The lowest BCUT2D eigenvalue weighted by atomic mass is 9.77. The van der Waals surface area contributed by atoms with E-state index in [2.05, 4.69) is 36.7 Å². The molecular weight excluding hydrogens is 230 g/mol. The quantitative estimate of drug-likeness (QED) is 0.841. The number of hydrogen-bond acceptors (Lipinski definition) is 3. The molecule has 2 nitrogen and oxygen atoms in total. The van der Waals surface area contributed by atoms with Crippen LogP contribution in [0.2, 0.25) is 0 Å². The minimum atomic E-state index is 0.347. The van der Waals surface area contributed by atoms with Gasteiger partial charge in [0.1, 0.15) is 0 Å². The summed E-state index contributed by atoms with van der Waals surface area (Å²) in [5, 5.41) is 5.68. The number of rotatable bonds is 6. The SMILES string of the molecule is CCNCC1(CCc2cccs2)CCOC1C. The lowest BCUT2D eigenvalue weighted by Gasteiger charge is -2.32.